The smallest absolute Gasteiger partial charge is 0.126 e. The van der Waals surface area contributed by atoms with Crippen LogP contribution in [0.15, 0.2) is 22.7 Å². The molecule has 1 aliphatic carbocycles. The summed E-state index contributed by atoms with van der Waals surface area (Å²) in [5.41, 5.74) is 0.541. The summed E-state index contributed by atoms with van der Waals surface area (Å²) >= 11 is 3.43. The highest BCUT2D eigenvalue weighted by Crippen LogP contribution is 2.38. The van der Waals surface area contributed by atoms with Crippen LogP contribution in [0.2, 0.25) is 0 Å². The van der Waals surface area contributed by atoms with Gasteiger partial charge in [-0.3, -0.25) is 0 Å². The van der Waals surface area contributed by atoms with E-state index in [9.17, 15) is 4.39 Å². The van der Waals surface area contributed by atoms with Crippen molar-refractivity contribution in [2.45, 2.75) is 50.7 Å². The third-order valence-electron chi connectivity index (χ3n) is 4.81. The average Bonchev–Trinajstić information content (AvgIpc) is 2.48. The SMILES string of the molecule is CNC(Cc1cc(Br)ccc1F)C1(OC)CCCC(C)C1. The molecule has 1 aliphatic rings. The predicted molar refractivity (Wildman–Crippen MR) is 88.0 cm³/mol. The van der Waals surface area contributed by atoms with Crippen molar-refractivity contribution >= 4 is 15.9 Å². The van der Waals surface area contributed by atoms with Gasteiger partial charge in [-0.2, -0.15) is 0 Å². The summed E-state index contributed by atoms with van der Waals surface area (Å²) in [7, 11) is 3.74. The van der Waals surface area contributed by atoms with Gasteiger partial charge in [0.15, 0.2) is 0 Å². The fourth-order valence-electron chi connectivity index (χ4n) is 3.66. The first kappa shape index (κ1) is 16.9. The van der Waals surface area contributed by atoms with Crippen molar-refractivity contribution in [1.82, 2.24) is 5.32 Å². The van der Waals surface area contributed by atoms with Crippen molar-refractivity contribution in [3.8, 4) is 0 Å². The molecule has 4 heteroatoms. The molecule has 0 bridgehead atoms. The van der Waals surface area contributed by atoms with E-state index in [1.165, 1.54) is 18.9 Å². The number of hydrogen-bond acceptors (Lipinski definition) is 2. The molecule has 2 nitrogen and oxygen atoms in total. The highest BCUT2D eigenvalue weighted by molar-refractivity contribution is 9.10. The van der Waals surface area contributed by atoms with Crippen molar-refractivity contribution in [2.75, 3.05) is 14.2 Å². The summed E-state index contributed by atoms with van der Waals surface area (Å²) in [6, 6.07) is 5.25. The van der Waals surface area contributed by atoms with Crippen LogP contribution in [0, 0.1) is 11.7 Å². The quantitative estimate of drug-likeness (QED) is 0.847. The molecule has 0 spiro atoms. The fraction of sp³-hybridized carbons (Fsp3) is 0.647. The van der Waals surface area contributed by atoms with E-state index in [0.717, 1.165) is 22.9 Å². The molecule has 0 saturated heterocycles. The molecule has 0 aliphatic heterocycles. The summed E-state index contributed by atoms with van der Waals surface area (Å²) in [4.78, 5) is 0. The van der Waals surface area contributed by atoms with Gasteiger partial charge in [0.2, 0.25) is 0 Å². The zero-order chi connectivity index (χ0) is 15.5. The molecule has 0 heterocycles. The van der Waals surface area contributed by atoms with Gasteiger partial charge in [0.25, 0.3) is 0 Å². The summed E-state index contributed by atoms with van der Waals surface area (Å²) in [5.74, 6) is 0.510. The Morgan fingerprint density at radius 1 is 1.52 bits per heavy atom. The molecule has 0 radical (unpaired) electrons. The first-order valence-corrected chi connectivity index (χ1v) is 8.46. The second-order valence-corrected chi connectivity index (χ2v) is 7.17. The van der Waals surface area contributed by atoms with Crippen LogP contribution in [0.4, 0.5) is 4.39 Å². The third-order valence-corrected chi connectivity index (χ3v) is 5.31. The van der Waals surface area contributed by atoms with Gasteiger partial charge in [0.05, 0.1) is 5.60 Å². The standard InChI is InChI=1S/C17H25BrFNO/c1-12-5-4-8-17(11-12,21-3)16(20-2)10-13-9-14(18)6-7-15(13)19/h6-7,9,12,16,20H,4-5,8,10-11H2,1-3H3. The van der Waals surface area contributed by atoms with Crippen LogP contribution in [0.3, 0.4) is 0 Å². The average molecular weight is 358 g/mol. The molecule has 1 aromatic rings. The van der Waals surface area contributed by atoms with Crippen molar-refractivity contribution in [1.29, 1.82) is 0 Å². The highest BCUT2D eigenvalue weighted by Gasteiger charge is 2.41. The lowest BCUT2D eigenvalue weighted by molar-refractivity contribution is -0.0776. The number of likely N-dealkylation sites (N-methyl/N-ethyl adjacent to an activating group) is 1. The third kappa shape index (κ3) is 3.85. The summed E-state index contributed by atoms with van der Waals surface area (Å²) < 4.78 is 20.9. The highest BCUT2D eigenvalue weighted by atomic mass is 79.9. The van der Waals surface area contributed by atoms with Crippen LogP contribution in [0.5, 0.6) is 0 Å². The first-order chi connectivity index (χ1) is 10.0. The Hall–Kier alpha value is -0.450. The van der Waals surface area contributed by atoms with E-state index < -0.39 is 0 Å². The van der Waals surface area contributed by atoms with Crippen LogP contribution < -0.4 is 5.32 Å². The normalized spacial score (nSPS) is 27.6. The monoisotopic (exact) mass is 357 g/mol. The molecule has 1 saturated carbocycles. The van der Waals surface area contributed by atoms with Crippen LogP contribution >= 0.6 is 15.9 Å². The minimum Gasteiger partial charge on any atom is -0.377 e. The maximum atomic E-state index is 14.0. The van der Waals surface area contributed by atoms with Gasteiger partial charge in [-0.05, 0) is 56.0 Å². The van der Waals surface area contributed by atoms with E-state index in [0.29, 0.717) is 12.3 Å². The maximum absolute atomic E-state index is 14.0. The van der Waals surface area contributed by atoms with E-state index in [-0.39, 0.29) is 17.5 Å². The Balaban J connectivity index is 2.23. The molecule has 21 heavy (non-hydrogen) atoms. The summed E-state index contributed by atoms with van der Waals surface area (Å²) in [6.07, 6.45) is 5.14. The van der Waals surface area contributed by atoms with Crippen LogP contribution in [-0.4, -0.2) is 25.8 Å². The fourth-order valence-corrected chi connectivity index (χ4v) is 4.07. The molecule has 3 unspecified atom stereocenters. The number of rotatable bonds is 5. The lowest BCUT2D eigenvalue weighted by Gasteiger charge is -2.44. The lowest BCUT2D eigenvalue weighted by Crippen LogP contribution is -2.54. The number of hydrogen-bond donors (Lipinski definition) is 1. The molecule has 0 amide bonds. The first-order valence-electron chi connectivity index (χ1n) is 7.67. The number of nitrogens with one attached hydrogen (secondary N) is 1. The zero-order valence-corrected chi connectivity index (χ0v) is 14.7. The molecular formula is C17H25BrFNO. The van der Waals surface area contributed by atoms with E-state index in [4.69, 9.17) is 4.74 Å². The van der Waals surface area contributed by atoms with Gasteiger partial charge in [-0.15, -0.1) is 0 Å². The molecule has 1 N–H and O–H groups in total. The van der Waals surface area contributed by atoms with Gasteiger partial charge in [0, 0.05) is 17.6 Å². The summed E-state index contributed by atoms with van der Waals surface area (Å²) in [5, 5.41) is 3.37. The Bertz CT molecular complexity index is 482. The predicted octanol–water partition coefficient (Wildman–Crippen LogP) is 4.31. The molecule has 1 aromatic carbocycles. The molecule has 1 fully saturated rings. The number of benzene rings is 1. The van der Waals surface area contributed by atoms with E-state index in [2.05, 4.69) is 28.2 Å². The maximum Gasteiger partial charge on any atom is 0.126 e. The molecule has 118 valence electrons. The molecule has 3 atom stereocenters. The van der Waals surface area contributed by atoms with E-state index in [1.54, 1.807) is 13.2 Å². The van der Waals surface area contributed by atoms with E-state index >= 15 is 0 Å². The van der Waals surface area contributed by atoms with E-state index in [1.807, 2.05) is 13.1 Å². The number of methoxy groups -OCH3 is 1. The van der Waals surface area contributed by atoms with Crippen LogP contribution in [0.1, 0.15) is 38.2 Å². The minimum absolute atomic E-state index is 0.119. The molecular weight excluding hydrogens is 333 g/mol. The van der Waals surface area contributed by atoms with Crippen molar-refractivity contribution < 1.29 is 9.13 Å². The van der Waals surface area contributed by atoms with Crippen LogP contribution in [-0.2, 0) is 11.2 Å². The van der Waals surface area contributed by atoms with Gasteiger partial charge < -0.3 is 10.1 Å². The Kier molecular flexibility index (Phi) is 5.81. The molecule has 0 aromatic heterocycles. The number of ether oxygens (including phenoxy) is 1. The van der Waals surface area contributed by atoms with Gasteiger partial charge >= 0.3 is 0 Å². The van der Waals surface area contributed by atoms with Gasteiger partial charge in [-0.1, -0.05) is 35.7 Å². The van der Waals surface area contributed by atoms with Gasteiger partial charge in [-0.25, -0.2) is 4.39 Å². The Labute approximate surface area is 135 Å². The lowest BCUT2D eigenvalue weighted by atomic mass is 9.73. The Morgan fingerprint density at radius 3 is 2.90 bits per heavy atom. The van der Waals surface area contributed by atoms with Crippen molar-refractivity contribution in [3.05, 3.63) is 34.1 Å². The minimum atomic E-state index is -0.193. The van der Waals surface area contributed by atoms with Crippen molar-refractivity contribution in [3.63, 3.8) is 0 Å². The topological polar surface area (TPSA) is 21.3 Å². The largest absolute Gasteiger partial charge is 0.377 e. The van der Waals surface area contributed by atoms with Crippen molar-refractivity contribution in [2.24, 2.45) is 5.92 Å². The second kappa shape index (κ2) is 7.21. The summed E-state index contributed by atoms with van der Waals surface area (Å²) in [6.45, 7) is 2.28. The number of halogens is 2. The second-order valence-electron chi connectivity index (χ2n) is 6.25. The zero-order valence-electron chi connectivity index (χ0n) is 13.1. The van der Waals surface area contributed by atoms with Gasteiger partial charge in [0.1, 0.15) is 5.82 Å². The van der Waals surface area contributed by atoms with Crippen LogP contribution in [0.25, 0.3) is 0 Å². The molecule has 2 rings (SSSR count). The Morgan fingerprint density at radius 2 is 2.29 bits per heavy atom.